The third-order valence-corrected chi connectivity index (χ3v) is 1.37. The van der Waals surface area contributed by atoms with E-state index in [-0.39, 0.29) is 25.4 Å². The zero-order chi connectivity index (χ0) is 10.8. The monoisotopic (exact) mass is 205 g/mol. The largest absolute Gasteiger partial charge is 0.481 e. The van der Waals surface area contributed by atoms with Crippen molar-refractivity contribution in [3.8, 4) is 0 Å². The average molecular weight is 205 g/mol. The second-order valence-electron chi connectivity index (χ2n) is 2.61. The number of hydrogen-bond donors (Lipinski definition) is 2. The van der Waals surface area contributed by atoms with Crippen molar-refractivity contribution in [2.75, 3.05) is 20.3 Å². The van der Waals surface area contributed by atoms with E-state index in [1.54, 1.807) is 0 Å². The lowest BCUT2D eigenvalue weighted by Gasteiger charge is -2.04. The summed E-state index contributed by atoms with van der Waals surface area (Å²) in [6.45, 7) is 0.677. The van der Waals surface area contributed by atoms with E-state index < -0.39 is 5.97 Å². The van der Waals surface area contributed by atoms with Gasteiger partial charge in [-0.1, -0.05) is 0 Å². The van der Waals surface area contributed by atoms with Crippen molar-refractivity contribution in [1.29, 1.82) is 0 Å². The van der Waals surface area contributed by atoms with E-state index >= 15 is 0 Å². The molecule has 0 spiro atoms. The predicted molar refractivity (Wildman–Crippen MR) is 47.5 cm³/mol. The van der Waals surface area contributed by atoms with Gasteiger partial charge in [0.2, 0.25) is 5.91 Å². The fraction of sp³-hybridized carbons (Fsp3) is 0.750. The molecule has 0 fully saturated rings. The fourth-order valence-corrected chi connectivity index (χ4v) is 0.708. The van der Waals surface area contributed by atoms with Gasteiger partial charge in [0.05, 0.1) is 13.2 Å². The molecular weight excluding hydrogens is 190 g/mol. The number of methoxy groups -OCH3 is 1. The molecule has 6 nitrogen and oxygen atoms in total. The highest BCUT2D eigenvalue weighted by Crippen LogP contribution is 1.94. The number of nitrogens with one attached hydrogen (secondary N) is 1. The van der Waals surface area contributed by atoms with E-state index in [2.05, 4.69) is 10.2 Å². The molecule has 0 aliphatic carbocycles. The highest BCUT2D eigenvalue weighted by atomic mass is 16.7. The number of carbonyl (C=O) groups excluding carboxylic acids is 1. The van der Waals surface area contributed by atoms with Crippen LogP contribution in [0.5, 0.6) is 0 Å². The van der Waals surface area contributed by atoms with Crippen molar-refractivity contribution in [3.05, 3.63) is 0 Å². The Balaban J connectivity index is 3.24. The molecule has 0 aromatic rings. The lowest BCUT2D eigenvalue weighted by Crippen LogP contribution is -2.25. The summed E-state index contributed by atoms with van der Waals surface area (Å²) in [7, 11) is 1.53. The molecule has 0 rings (SSSR count). The molecule has 82 valence electrons. The summed E-state index contributed by atoms with van der Waals surface area (Å²) in [5.74, 6) is -1.22. The zero-order valence-electron chi connectivity index (χ0n) is 8.12. The van der Waals surface area contributed by atoms with Gasteiger partial charge in [-0.15, -0.1) is 0 Å². The number of rotatable bonds is 8. The Morgan fingerprint density at radius 1 is 1.29 bits per heavy atom. The number of ether oxygens (including phenoxy) is 1. The van der Waals surface area contributed by atoms with Crippen molar-refractivity contribution in [3.63, 3.8) is 0 Å². The highest BCUT2D eigenvalue weighted by Gasteiger charge is 2.03. The molecule has 0 bridgehead atoms. The normalized spacial score (nSPS) is 9.79. The van der Waals surface area contributed by atoms with Crippen LogP contribution in [-0.2, 0) is 19.2 Å². The minimum Gasteiger partial charge on any atom is -0.481 e. The van der Waals surface area contributed by atoms with Crippen molar-refractivity contribution in [2.24, 2.45) is 0 Å². The highest BCUT2D eigenvalue weighted by molar-refractivity contribution is 5.75. The number of carboxylic acids is 1. The van der Waals surface area contributed by atoms with Gasteiger partial charge in [0.25, 0.3) is 0 Å². The first-order chi connectivity index (χ1) is 6.66. The molecule has 0 aliphatic heterocycles. The molecule has 0 heterocycles. The predicted octanol–water partition coefficient (Wildman–Crippen LogP) is -0.0645. The number of carboxylic acid groups (broad SMARTS) is 1. The van der Waals surface area contributed by atoms with E-state index in [4.69, 9.17) is 9.94 Å². The Labute approximate surface area is 82.1 Å². The molecule has 0 saturated carbocycles. The summed E-state index contributed by atoms with van der Waals surface area (Å²) in [5, 5.41) is 8.29. The summed E-state index contributed by atoms with van der Waals surface area (Å²) >= 11 is 0. The third-order valence-electron chi connectivity index (χ3n) is 1.37. The number of carbonyl (C=O) groups is 2. The van der Waals surface area contributed by atoms with Gasteiger partial charge in [-0.2, -0.15) is 0 Å². The van der Waals surface area contributed by atoms with Gasteiger partial charge in [-0.25, -0.2) is 5.48 Å². The van der Waals surface area contributed by atoms with Crippen LogP contribution in [0.3, 0.4) is 0 Å². The molecule has 0 atom stereocenters. The van der Waals surface area contributed by atoms with Gasteiger partial charge in [0.15, 0.2) is 0 Å². The maximum Gasteiger partial charge on any atom is 0.303 e. The van der Waals surface area contributed by atoms with Crippen LogP contribution in [0.2, 0.25) is 0 Å². The summed E-state index contributed by atoms with van der Waals surface area (Å²) < 4.78 is 4.68. The number of aliphatic carboxylic acids is 1. The Hall–Kier alpha value is -1.14. The smallest absolute Gasteiger partial charge is 0.303 e. The zero-order valence-corrected chi connectivity index (χ0v) is 8.12. The summed E-state index contributed by atoms with van der Waals surface area (Å²) in [6.07, 6.45) is 0.458. The summed E-state index contributed by atoms with van der Waals surface area (Å²) in [6, 6.07) is 0. The van der Waals surface area contributed by atoms with Crippen LogP contribution in [0.1, 0.15) is 19.3 Å². The van der Waals surface area contributed by atoms with Crippen molar-refractivity contribution in [1.82, 2.24) is 5.48 Å². The Morgan fingerprint density at radius 2 is 2.00 bits per heavy atom. The Kier molecular flexibility index (Phi) is 7.77. The molecule has 0 aromatic heterocycles. The van der Waals surface area contributed by atoms with Crippen LogP contribution >= 0.6 is 0 Å². The fourth-order valence-electron chi connectivity index (χ4n) is 0.708. The number of hydrogen-bond acceptors (Lipinski definition) is 4. The van der Waals surface area contributed by atoms with Crippen LogP contribution in [-0.4, -0.2) is 37.3 Å². The molecule has 0 radical (unpaired) electrons. The number of amides is 1. The van der Waals surface area contributed by atoms with Crippen molar-refractivity contribution >= 4 is 11.9 Å². The Bertz CT molecular complexity index is 183. The number of hydroxylamine groups is 1. The van der Waals surface area contributed by atoms with E-state index in [0.29, 0.717) is 13.0 Å². The average Bonchev–Trinajstić information content (AvgIpc) is 2.12. The minimum atomic E-state index is -0.905. The first kappa shape index (κ1) is 12.9. The van der Waals surface area contributed by atoms with Crippen LogP contribution < -0.4 is 5.48 Å². The molecule has 0 aliphatic rings. The topological polar surface area (TPSA) is 84.9 Å². The first-order valence-electron chi connectivity index (χ1n) is 4.28. The Morgan fingerprint density at radius 3 is 2.57 bits per heavy atom. The summed E-state index contributed by atoms with van der Waals surface area (Å²) in [5.41, 5.74) is 2.18. The molecule has 14 heavy (non-hydrogen) atoms. The molecule has 6 heteroatoms. The minimum absolute atomic E-state index is 0.00844. The van der Waals surface area contributed by atoms with E-state index in [1.165, 1.54) is 7.11 Å². The maximum absolute atomic E-state index is 10.9. The van der Waals surface area contributed by atoms with Gasteiger partial charge in [0, 0.05) is 20.0 Å². The van der Waals surface area contributed by atoms with Gasteiger partial charge in [-0.3, -0.25) is 14.4 Å². The molecule has 1 amide bonds. The van der Waals surface area contributed by atoms with Crippen molar-refractivity contribution in [2.45, 2.75) is 19.3 Å². The van der Waals surface area contributed by atoms with E-state index in [9.17, 15) is 9.59 Å². The SMILES string of the molecule is COCCONC(=O)CCCC(=O)O. The molecule has 0 aromatic carbocycles. The van der Waals surface area contributed by atoms with E-state index in [0.717, 1.165) is 0 Å². The third kappa shape index (κ3) is 8.95. The van der Waals surface area contributed by atoms with Crippen molar-refractivity contribution < 1.29 is 24.3 Å². The quantitative estimate of drug-likeness (QED) is 0.428. The first-order valence-corrected chi connectivity index (χ1v) is 4.28. The van der Waals surface area contributed by atoms with Gasteiger partial charge in [-0.05, 0) is 6.42 Å². The lowest BCUT2D eigenvalue weighted by molar-refractivity contribution is -0.137. The summed E-state index contributed by atoms with van der Waals surface area (Å²) in [4.78, 5) is 25.7. The van der Waals surface area contributed by atoms with E-state index in [1.807, 2.05) is 0 Å². The maximum atomic E-state index is 10.9. The van der Waals surface area contributed by atoms with Gasteiger partial charge in [0.1, 0.15) is 0 Å². The molecule has 0 saturated heterocycles. The molecular formula is C8H15NO5. The van der Waals surface area contributed by atoms with Crippen LogP contribution in [0.4, 0.5) is 0 Å². The lowest BCUT2D eigenvalue weighted by atomic mass is 10.2. The molecule has 2 N–H and O–H groups in total. The standard InChI is InChI=1S/C8H15NO5/c1-13-5-6-14-9-7(10)3-2-4-8(11)12/h2-6H2,1H3,(H,9,10)(H,11,12). The van der Waals surface area contributed by atoms with Gasteiger partial charge < -0.3 is 9.84 Å². The second-order valence-corrected chi connectivity index (χ2v) is 2.61. The van der Waals surface area contributed by atoms with Crippen LogP contribution in [0.25, 0.3) is 0 Å². The van der Waals surface area contributed by atoms with Crippen LogP contribution in [0.15, 0.2) is 0 Å². The second kappa shape index (κ2) is 8.46. The molecule has 0 unspecified atom stereocenters. The van der Waals surface area contributed by atoms with Gasteiger partial charge >= 0.3 is 5.97 Å². The van der Waals surface area contributed by atoms with Crippen LogP contribution in [0, 0.1) is 0 Å².